The van der Waals surface area contributed by atoms with Crippen molar-refractivity contribution in [3.63, 3.8) is 0 Å². The average Bonchev–Trinajstić information content (AvgIpc) is 2.39. The molecule has 0 bridgehead atoms. The third-order valence-corrected chi connectivity index (χ3v) is 2.41. The summed E-state index contributed by atoms with van der Waals surface area (Å²) in [4.78, 5) is 26.0. The predicted molar refractivity (Wildman–Crippen MR) is 65.5 cm³/mol. The highest BCUT2D eigenvalue weighted by atomic mass is 19.1. The van der Waals surface area contributed by atoms with Crippen molar-refractivity contribution in [3.05, 3.63) is 59.7 Å². The van der Waals surface area contributed by atoms with Gasteiger partial charge in [0.25, 0.3) is 5.91 Å². The maximum atomic E-state index is 13.3. The van der Waals surface area contributed by atoms with Crippen molar-refractivity contribution in [1.82, 2.24) is 4.98 Å². The molecule has 2 rings (SSSR count). The Morgan fingerprint density at radius 3 is 2.42 bits per heavy atom. The number of carboxylic acid groups (broad SMARTS) is 1. The Labute approximate surface area is 107 Å². The summed E-state index contributed by atoms with van der Waals surface area (Å²) in [5.74, 6) is -2.40. The number of amides is 1. The first-order valence-corrected chi connectivity index (χ1v) is 5.32. The van der Waals surface area contributed by atoms with Gasteiger partial charge in [0.1, 0.15) is 0 Å². The summed E-state index contributed by atoms with van der Waals surface area (Å²) in [5, 5.41) is 11.2. The number of benzene rings is 1. The van der Waals surface area contributed by atoms with Crippen molar-refractivity contribution in [2.45, 2.75) is 0 Å². The second kappa shape index (κ2) is 5.26. The lowest BCUT2D eigenvalue weighted by Crippen LogP contribution is -2.14. The molecule has 96 valence electrons. The van der Waals surface area contributed by atoms with E-state index in [-0.39, 0.29) is 11.1 Å². The largest absolute Gasteiger partial charge is 0.478 e. The molecule has 0 saturated carbocycles. The molecular weight excluding hydrogens is 251 g/mol. The summed E-state index contributed by atoms with van der Waals surface area (Å²) in [6, 6.07) is 6.82. The quantitative estimate of drug-likeness (QED) is 0.886. The molecule has 0 aliphatic carbocycles. The monoisotopic (exact) mass is 260 g/mol. The second-order valence-corrected chi connectivity index (χ2v) is 3.69. The number of aromatic carboxylic acids is 1. The van der Waals surface area contributed by atoms with Crippen LogP contribution in [0.4, 0.5) is 10.1 Å². The molecular formula is C13H9FN2O3. The van der Waals surface area contributed by atoms with Gasteiger partial charge >= 0.3 is 5.97 Å². The van der Waals surface area contributed by atoms with Crippen LogP contribution in [0.25, 0.3) is 0 Å². The summed E-state index contributed by atoms with van der Waals surface area (Å²) in [7, 11) is 0. The molecule has 0 saturated heterocycles. The zero-order valence-electron chi connectivity index (χ0n) is 9.63. The highest BCUT2D eigenvalue weighted by Crippen LogP contribution is 2.12. The molecule has 2 N–H and O–H groups in total. The van der Waals surface area contributed by atoms with Crippen molar-refractivity contribution in [2.24, 2.45) is 0 Å². The number of carbonyl (C=O) groups excluding carboxylic acids is 1. The zero-order valence-corrected chi connectivity index (χ0v) is 9.63. The SMILES string of the molecule is O=C(O)c1ccc(NC(=O)c2ccncc2F)cc1. The van der Waals surface area contributed by atoms with Crippen LogP contribution in [0.3, 0.4) is 0 Å². The van der Waals surface area contributed by atoms with Gasteiger partial charge in [0.05, 0.1) is 17.3 Å². The van der Waals surface area contributed by atoms with Crippen molar-refractivity contribution in [2.75, 3.05) is 5.32 Å². The Hall–Kier alpha value is -2.76. The fourth-order valence-electron chi connectivity index (χ4n) is 1.45. The molecule has 0 aliphatic heterocycles. The molecule has 2 aromatic rings. The van der Waals surface area contributed by atoms with Crippen molar-refractivity contribution >= 4 is 17.6 Å². The molecule has 19 heavy (non-hydrogen) atoms. The molecule has 0 atom stereocenters. The van der Waals surface area contributed by atoms with Crippen LogP contribution in [0.15, 0.2) is 42.7 Å². The van der Waals surface area contributed by atoms with Gasteiger partial charge < -0.3 is 10.4 Å². The molecule has 0 aliphatic rings. The molecule has 6 heteroatoms. The van der Waals surface area contributed by atoms with Crippen molar-refractivity contribution in [3.8, 4) is 0 Å². The van der Waals surface area contributed by atoms with E-state index in [0.717, 1.165) is 6.20 Å². The maximum absolute atomic E-state index is 13.3. The van der Waals surface area contributed by atoms with Gasteiger partial charge in [0, 0.05) is 11.9 Å². The normalized spacial score (nSPS) is 9.95. The molecule has 0 unspecified atom stereocenters. The van der Waals surface area contributed by atoms with Crippen LogP contribution >= 0.6 is 0 Å². The number of hydrogen-bond donors (Lipinski definition) is 2. The molecule has 1 heterocycles. The number of hydrogen-bond acceptors (Lipinski definition) is 3. The van der Waals surface area contributed by atoms with Crippen LogP contribution in [-0.4, -0.2) is 22.0 Å². The van der Waals surface area contributed by atoms with E-state index in [4.69, 9.17) is 5.11 Å². The topological polar surface area (TPSA) is 79.3 Å². The van der Waals surface area contributed by atoms with Crippen LogP contribution in [0.1, 0.15) is 20.7 Å². The van der Waals surface area contributed by atoms with E-state index in [2.05, 4.69) is 10.3 Å². The van der Waals surface area contributed by atoms with E-state index in [9.17, 15) is 14.0 Å². The molecule has 0 fully saturated rings. The van der Waals surface area contributed by atoms with E-state index in [0.29, 0.717) is 5.69 Å². The smallest absolute Gasteiger partial charge is 0.335 e. The van der Waals surface area contributed by atoms with Gasteiger partial charge in [-0.1, -0.05) is 0 Å². The fourth-order valence-corrected chi connectivity index (χ4v) is 1.45. The van der Waals surface area contributed by atoms with Crippen LogP contribution in [-0.2, 0) is 0 Å². The fraction of sp³-hybridized carbons (Fsp3) is 0. The van der Waals surface area contributed by atoms with E-state index >= 15 is 0 Å². The highest BCUT2D eigenvalue weighted by Gasteiger charge is 2.11. The minimum Gasteiger partial charge on any atom is -0.478 e. The minimum absolute atomic E-state index is 0.105. The number of rotatable bonds is 3. The van der Waals surface area contributed by atoms with E-state index < -0.39 is 17.7 Å². The van der Waals surface area contributed by atoms with Crippen LogP contribution in [0.2, 0.25) is 0 Å². The summed E-state index contributed by atoms with van der Waals surface area (Å²) in [6.07, 6.45) is 2.26. The maximum Gasteiger partial charge on any atom is 0.335 e. The van der Waals surface area contributed by atoms with Crippen LogP contribution in [0.5, 0.6) is 0 Å². The summed E-state index contributed by atoms with van der Waals surface area (Å²) in [5.41, 5.74) is 0.358. The number of anilines is 1. The molecule has 1 aromatic carbocycles. The highest BCUT2D eigenvalue weighted by molar-refractivity contribution is 6.04. The average molecular weight is 260 g/mol. The minimum atomic E-state index is -1.06. The van der Waals surface area contributed by atoms with Crippen molar-refractivity contribution in [1.29, 1.82) is 0 Å². The Bertz CT molecular complexity index is 626. The molecule has 1 amide bonds. The number of carboxylic acids is 1. The third kappa shape index (κ3) is 2.92. The predicted octanol–water partition coefficient (Wildman–Crippen LogP) is 2.17. The van der Waals surface area contributed by atoms with Gasteiger partial charge in [-0.05, 0) is 30.3 Å². The zero-order chi connectivity index (χ0) is 13.8. The van der Waals surface area contributed by atoms with E-state index in [1.807, 2.05) is 0 Å². The molecule has 5 nitrogen and oxygen atoms in total. The summed E-state index contributed by atoms with van der Waals surface area (Å²) >= 11 is 0. The number of halogens is 1. The lowest BCUT2D eigenvalue weighted by molar-refractivity contribution is 0.0696. The number of nitrogens with zero attached hydrogens (tertiary/aromatic N) is 1. The second-order valence-electron chi connectivity index (χ2n) is 3.69. The Balaban J connectivity index is 2.15. The third-order valence-electron chi connectivity index (χ3n) is 2.41. The van der Waals surface area contributed by atoms with Gasteiger partial charge in [0.15, 0.2) is 5.82 Å². The Morgan fingerprint density at radius 2 is 1.84 bits per heavy atom. The van der Waals surface area contributed by atoms with Crippen molar-refractivity contribution < 1.29 is 19.1 Å². The summed E-state index contributed by atoms with van der Waals surface area (Å²) in [6.45, 7) is 0. The summed E-state index contributed by atoms with van der Waals surface area (Å²) < 4.78 is 13.3. The lowest BCUT2D eigenvalue weighted by Gasteiger charge is -2.06. The standard InChI is InChI=1S/C13H9FN2O3/c14-11-7-15-6-5-10(11)12(17)16-9-3-1-8(2-4-9)13(18)19/h1-7H,(H,16,17)(H,18,19). The molecule has 1 aromatic heterocycles. The molecule has 0 spiro atoms. The van der Waals surface area contributed by atoms with Gasteiger partial charge in [-0.3, -0.25) is 9.78 Å². The van der Waals surface area contributed by atoms with Gasteiger partial charge in [0.2, 0.25) is 0 Å². The van der Waals surface area contributed by atoms with E-state index in [1.54, 1.807) is 0 Å². The lowest BCUT2D eigenvalue weighted by atomic mass is 10.2. The Morgan fingerprint density at radius 1 is 1.16 bits per heavy atom. The Kier molecular flexibility index (Phi) is 3.51. The van der Waals surface area contributed by atoms with Gasteiger partial charge in [-0.2, -0.15) is 0 Å². The first-order valence-electron chi connectivity index (χ1n) is 5.32. The van der Waals surface area contributed by atoms with Gasteiger partial charge in [-0.25, -0.2) is 9.18 Å². The first-order chi connectivity index (χ1) is 9.08. The molecule has 0 radical (unpaired) electrons. The number of carbonyl (C=O) groups is 2. The van der Waals surface area contributed by atoms with Crippen LogP contribution in [0, 0.1) is 5.82 Å². The van der Waals surface area contributed by atoms with Gasteiger partial charge in [-0.15, -0.1) is 0 Å². The van der Waals surface area contributed by atoms with E-state index in [1.165, 1.54) is 36.5 Å². The number of nitrogens with one attached hydrogen (secondary N) is 1. The number of pyridine rings is 1. The number of aromatic nitrogens is 1. The first kappa shape index (κ1) is 12.7. The van der Waals surface area contributed by atoms with Crippen LogP contribution < -0.4 is 5.32 Å².